The topological polar surface area (TPSA) is 66.5 Å². The fraction of sp³-hybridized carbons (Fsp3) is 0.0800. The average molecular weight is 396 g/mol. The molecule has 3 aromatic carbocycles. The van der Waals surface area contributed by atoms with Gasteiger partial charge in [-0.2, -0.15) is 0 Å². The van der Waals surface area contributed by atoms with Crippen molar-refractivity contribution in [2.75, 3.05) is 5.32 Å². The summed E-state index contributed by atoms with van der Waals surface area (Å²) in [5.41, 5.74) is 3.01. The largest absolute Gasteiger partial charge is 0.324 e. The first-order valence-electron chi connectivity index (χ1n) is 9.62. The molecule has 3 aromatic rings. The average Bonchev–Trinajstić information content (AvgIpc) is 3.03. The van der Waals surface area contributed by atoms with Crippen molar-refractivity contribution in [3.63, 3.8) is 0 Å². The number of carbonyl (C=O) groups is 3. The van der Waals surface area contributed by atoms with Crippen LogP contribution in [0.25, 0.3) is 6.08 Å². The van der Waals surface area contributed by atoms with Crippen LogP contribution in [0, 0.1) is 0 Å². The summed E-state index contributed by atoms with van der Waals surface area (Å²) in [6, 6.07) is 22.2. The lowest BCUT2D eigenvalue weighted by Gasteiger charge is -2.25. The van der Waals surface area contributed by atoms with Gasteiger partial charge in [0, 0.05) is 12.1 Å². The Kier molecular flexibility index (Phi) is 5.26. The minimum absolute atomic E-state index is 0.225. The summed E-state index contributed by atoms with van der Waals surface area (Å²) in [7, 11) is 0. The molecule has 0 radical (unpaired) electrons. The van der Waals surface area contributed by atoms with E-state index < -0.39 is 23.8 Å². The maximum Gasteiger partial charge on any atom is 0.262 e. The van der Waals surface area contributed by atoms with E-state index in [1.807, 2.05) is 42.5 Å². The van der Waals surface area contributed by atoms with Gasteiger partial charge in [-0.1, -0.05) is 67.3 Å². The number of hydrogen-bond donors (Lipinski definition) is 1. The second-order valence-electron chi connectivity index (χ2n) is 7.05. The third-order valence-corrected chi connectivity index (χ3v) is 5.13. The normalized spacial score (nSPS) is 13.7. The number of carbonyl (C=O) groups excluding carboxylic acids is 3. The van der Waals surface area contributed by atoms with Crippen molar-refractivity contribution in [3.8, 4) is 0 Å². The SMILES string of the molecule is C=Cc1ccc(NC(=O)[C@H](Cc2ccccc2)N2C(=O)c3ccccc3C2=O)cc1. The van der Waals surface area contributed by atoms with E-state index in [9.17, 15) is 14.4 Å². The van der Waals surface area contributed by atoms with Gasteiger partial charge in [0.2, 0.25) is 5.91 Å². The lowest BCUT2D eigenvalue weighted by molar-refractivity contribution is -0.119. The first-order chi connectivity index (χ1) is 14.6. The van der Waals surface area contributed by atoms with E-state index in [4.69, 9.17) is 0 Å². The second kappa shape index (κ2) is 8.17. The predicted molar refractivity (Wildman–Crippen MR) is 116 cm³/mol. The van der Waals surface area contributed by atoms with Gasteiger partial charge in [-0.3, -0.25) is 19.3 Å². The van der Waals surface area contributed by atoms with E-state index in [1.165, 1.54) is 0 Å². The van der Waals surface area contributed by atoms with Crippen LogP contribution in [0.4, 0.5) is 5.69 Å². The van der Waals surface area contributed by atoms with Gasteiger partial charge in [0.15, 0.2) is 0 Å². The molecule has 5 heteroatoms. The van der Waals surface area contributed by atoms with Crippen LogP contribution in [0.2, 0.25) is 0 Å². The number of imide groups is 1. The van der Waals surface area contributed by atoms with Gasteiger partial charge in [-0.25, -0.2) is 0 Å². The van der Waals surface area contributed by atoms with Crippen molar-refractivity contribution in [3.05, 3.63) is 108 Å². The molecule has 1 aliphatic rings. The fourth-order valence-corrected chi connectivity index (χ4v) is 3.56. The molecule has 0 aliphatic carbocycles. The smallest absolute Gasteiger partial charge is 0.262 e. The minimum atomic E-state index is -0.973. The maximum atomic E-state index is 13.2. The molecule has 1 heterocycles. The van der Waals surface area contributed by atoms with E-state index >= 15 is 0 Å². The van der Waals surface area contributed by atoms with Crippen LogP contribution in [0.15, 0.2) is 85.4 Å². The number of rotatable bonds is 6. The maximum absolute atomic E-state index is 13.2. The predicted octanol–water partition coefficient (Wildman–Crippen LogP) is 4.18. The lowest BCUT2D eigenvalue weighted by atomic mass is 10.0. The number of anilines is 1. The van der Waals surface area contributed by atoms with Gasteiger partial charge < -0.3 is 5.32 Å². The van der Waals surface area contributed by atoms with Crippen LogP contribution in [0.1, 0.15) is 31.8 Å². The minimum Gasteiger partial charge on any atom is -0.324 e. The van der Waals surface area contributed by atoms with Crippen LogP contribution in [0.3, 0.4) is 0 Å². The molecule has 0 fully saturated rings. The molecule has 0 saturated carbocycles. The molecule has 148 valence electrons. The Hall–Kier alpha value is -3.99. The highest BCUT2D eigenvalue weighted by Gasteiger charge is 2.42. The quantitative estimate of drug-likeness (QED) is 0.636. The van der Waals surface area contributed by atoms with E-state index in [2.05, 4.69) is 11.9 Å². The monoisotopic (exact) mass is 396 g/mol. The third kappa shape index (κ3) is 3.65. The Morgan fingerprint density at radius 1 is 0.867 bits per heavy atom. The fourth-order valence-electron chi connectivity index (χ4n) is 3.56. The summed E-state index contributed by atoms with van der Waals surface area (Å²) in [4.78, 5) is 40.3. The van der Waals surface area contributed by atoms with Gasteiger partial charge >= 0.3 is 0 Å². The molecule has 0 bridgehead atoms. The Bertz CT molecular complexity index is 1090. The third-order valence-electron chi connectivity index (χ3n) is 5.13. The van der Waals surface area contributed by atoms with E-state index in [0.717, 1.165) is 16.0 Å². The Morgan fingerprint density at radius 2 is 1.43 bits per heavy atom. The van der Waals surface area contributed by atoms with Crippen LogP contribution < -0.4 is 5.32 Å². The molecule has 0 unspecified atom stereocenters. The molecule has 0 saturated heterocycles. The zero-order valence-corrected chi connectivity index (χ0v) is 16.2. The van der Waals surface area contributed by atoms with Gasteiger partial charge in [0.05, 0.1) is 11.1 Å². The highest BCUT2D eigenvalue weighted by Crippen LogP contribution is 2.26. The van der Waals surface area contributed by atoms with Gasteiger partial charge in [-0.15, -0.1) is 0 Å². The highest BCUT2D eigenvalue weighted by atomic mass is 16.2. The summed E-state index contributed by atoms with van der Waals surface area (Å²) in [6.45, 7) is 3.72. The number of nitrogens with zero attached hydrogens (tertiary/aromatic N) is 1. The number of hydrogen-bond acceptors (Lipinski definition) is 3. The number of nitrogens with one attached hydrogen (secondary N) is 1. The summed E-state index contributed by atoms with van der Waals surface area (Å²) in [6.07, 6.45) is 1.94. The molecule has 0 aromatic heterocycles. The summed E-state index contributed by atoms with van der Waals surface area (Å²) in [5, 5.41) is 2.84. The zero-order valence-electron chi connectivity index (χ0n) is 16.2. The second-order valence-corrected chi connectivity index (χ2v) is 7.05. The van der Waals surface area contributed by atoms with Gasteiger partial charge in [0.25, 0.3) is 11.8 Å². The highest BCUT2D eigenvalue weighted by molar-refractivity contribution is 6.23. The van der Waals surface area contributed by atoms with Crippen LogP contribution in [-0.4, -0.2) is 28.7 Å². The lowest BCUT2D eigenvalue weighted by Crippen LogP contribution is -2.48. The summed E-state index contributed by atoms with van der Waals surface area (Å²) < 4.78 is 0. The van der Waals surface area contributed by atoms with Gasteiger partial charge in [0.1, 0.15) is 6.04 Å². The van der Waals surface area contributed by atoms with Gasteiger partial charge in [-0.05, 0) is 35.4 Å². The molecular formula is C25H20N2O3. The van der Waals surface area contributed by atoms with Crippen LogP contribution >= 0.6 is 0 Å². The number of amides is 3. The van der Waals surface area contributed by atoms with Crippen LogP contribution in [-0.2, 0) is 11.2 Å². The first-order valence-corrected chi connectivity index (χ1v) is 9.62. The van der Waals surface area contributed by atoms with Crippen molar-refractivity contribution in [2.45, 2.75) is 12.5 Å². The Morgan fingerprint density at radius 3 is 2.00 bits per heavy atom. The first kappa shape index (κ1) is 19.3. The Labute approximate surface area is 174 Å². The molecule has 1 aliphatic heterocycles. The van der Waals surface area contributed by atoms with E-state index in [1.54, 1.807) is 42.5 Å². The van der Waals surface area contributed by atoms with E-state index in [-0.39, 0.29) is 6.42 Å². The van der Waals surface area contributed by atoms with Crippen molar-refractivity contribution < 1.29 is 14.4 Å². The standard InChI is InChI=1S/C25H20N2O3/c1-2-17-12-14-19(15-13-17)26-23(28)22(16-18-8-4-3-5-9-18)27-24(29)20-10-6-7-11-21(20)25(27)30/h2-15,22H,1,16H2,(H,26,28)/t22-/m0/s1. The summed E-state index contributed by atoms with van der Waals surface area (Å²) >= 11 is 0. The molecule has 1 atom stereocenters. The van der Waals surface area contributed by atoms with Crippen LogP contribution in [0.5, 0.6) is 0 Å². The number of benzene rings is 3. The number of fused-ring (bicyclic) bond motifs is 1. The molecular weight excluding hydrogens is 376 g/mol. The molecule has 4 rings (SSSR count). The van der Waals surface area contributed by atoms with Crippen molar-refractivity contribution in [1.82, 2.24) is 4.90 Å². The van der Waals surface area contributed by atoms with Crippen molar-refractivity contribution in [2.24, 2.45) is 0 Å². The zero-order chi connectivity index (χ0) is 21.1. The molecule has 30 heavy (non-hydrogen) atoms. The Balaban J connectivity index is 1.66. The molecule has 5 nitrogen and oxygen atoms in total. The summed E-state index contributed by atoms with van der Waals surface area (Å²) in [5.74, 6) is -1.32. The van der Waals surface area contributed by atoms with Crippen molar-refractivity contribution in [1.29, 1.82) is 0 Å². The molecule has 1 N–H and O–H groups in total. The van der Waals surface area contributed by atoms with E-state index in [0.29, 0.717) is 16.8 Å². The van der Waals surface area contributed by atoms with Crippen molar-refractivity contribution >= 4 is 29.5 Å². The molecule has 3 amide bonds. The molecule has 0 spiro atoms.